The molecule has 0 saturated carbocycles. The van der Waals surface area contributed by atoms with Crippen LogP contribution in [-0.2, 0) is 4.79 Å². The molecule has 6 heteroatoms. The zero-order valence-corrected chi connectivity index (χ0v) is 13.5. The first kappa shape index (κ1) is 18.7. The van der Waals surface area contributed by atoms with Crippen LogP contribution in [0.25, 0.3) is 0 Å². The number of carbonyl (C=O) groups excluding carboxylic acids is 1. The number of nitriles is 1. The molecule has 1 aromatic rings. The molecule has 0 radical (unpaired) electrons. The lowest BCUT2D eigenvalue weighted by Crippen LogP contribution is -2.36. The van der Waals surface area contributed by atoms with E-state index < -0.39 is 5.91 Å². The molecular formula is C17H23N3O3. The van der Waals surface area contributed by atoms with E-state index in [1.165, 1.54) is 16.7 Å². The fourth-order valence-electron chi connectivity index (χ4n) is 1.99. The Labute approximate surface area is 136 Å². The molecule has 124 valence electrons. The number of aliphatic hydroxyl groups excluding tert-OH is 2. The summed E-state index contributed by atoms with van der Waals surface area (Å²) in [5.74, 6) is -0.0942. The van der Waals surface area contributed by atoms with Gasteiger partial charge in [-0.2, -0.15) is 5.26 Å². The van der Waals surface area contributed by atoms with Gasteiger partial charge in [0.2, 0.25) is 0 Å². The van der Waals surface area contributed by atoms with Gasteiger partial charge in [0, 0.05) is 25.0 Å². The predicted octanol–water partition coefficient (Wildman–Crippen LogP) is 1.44. The first-order chi connectivity index (χ1) is 11.0. The van der Waals surface area contributed by atoms with Gasteiger partial charge in [0.05, 0.1) is 13.2 Å². The molecule has 0 bridgehead atoms. The first-order valence-electron chi connectivity index (χ1n) is 7.51. The number of carbonyl (C=O) groups is 1. The zero-order chi connectivity index (χ0) is 17.2. The molecule has 0 aliphatic heterocycles. The van der Waals surface area contributed by atoms with Crippen LogP contribution in [0.15, 0.2) is 36.0 Å². The van der Waals surface area contributed by atoms with Gasteiger partial charge in [-0.15, -0.1) is 0 Å². The molecule has 0 aromatic heterocycles. The zero-order valence-electron chi connectivity index (χ0n) is 13.5. The first-order valence-corrected chi connectivity index (χ1v) is 7.51. The maximum atomic E-state index is 12.2. The Balaban J connectivity index is 2.81. The summed E-state index contributed by atoms with van der Waals surface area (Å²) in [7, 11) is 0. The summed E-state index contributed by atoms with van der Waals surface area (Å²) >= 11 is 0. The molecule has 0 spiro atoms. The Kier molecular flexibility index (Phi) is 7.81. The quantitative estimate of drug-likeness (QED) is 0.498. The van der Waals surface area contributed by atoms with Crippen molar-refractivity contribution in [2.75, 3.05) is 31.6 Å². The fraction of sp³-hybridized carbons (Fsp3) is 0.412. The molecule has 0 aliphatic carbocycles. The number of aliphatic hydroxyl groups is 2. The van der Waals surface area contributed by atoms with E-state index in [-0.39, 0.29) is 31.9 Å². The van der Waals surface area contributed by atoms with Crippen molar-refractivity contribution in [2.24, 2.45) is 0 Å². The fourth-order valence-corrected chi connectivity index (χ4v) is 1.99. The van der Waals surface area contributed by atoms with Crippen molar-refractivity contribution in [3.05, 3.63) is 41.6 Å². The van der Waals surface area contributed by atoms with Gasteiger partial charge >= 0.3 is 0 Å². The third kappa shape index (κ3) is 5.74. The summed E-state index contributed by atoms with van der Waals surface area (Å²) in [6, 6.07) is 9.57. The molecule has 1 aromatic carbocycles. The molecule has 0 fully saturated rings. The van der Waals surface area contributed by atoms with Crippen LogP contribution in [0.2, 0.25) is 0 Å². The minimum Gasteiger partial charge on any atom is -0.395 e. The van der Waals surface area contributed by atoms with Crippen LogP contribution in [0.4, 0.5) is 5.69 Å². The molecule has 6 nitrogen and oxygen atoms in total. The van der Waals surface area contributed by atoms with Gasteiger partial charge < -0.3 is 20.4 Å². The monoisotopic (exact) mass is 317 g/mol. The third-order valence-corrected chi connectivity index (χ3v) is 3.34. The number of nitrogens with one attached hydrogen (secondary N) is 1. The number of rotatable bonds is 8. The van der Waals surface area contributed by atoms with Crippen LogP contribution in [-0.4, -0.2) is 47.3 Å². The third-order valence-electron chi connectivity index (χ3n) is 3.34. The molecule has 0 aliphatic rings. The van der Waals surface area contributed by atoms with Crippen LogP contribution in [0.3, 0.4) is 0 Å². The van der Waals surface area contributed by atoms with Gasteiger partial charge in [-0.25, -0.2) is 0 Å². The van der Waals surface area contributed by atoms with E-state index in [9.17, 15) is 4.79 Å². The van der Waals surface area contributed by atoms with Crippen molar-refractivity contribution in [2.45, 2.75) is 19.8 Å². The molecule has 23 heavy (non-hydrogen) atoms. The van der Waals surface area contributed by atoms with Crippen LogP contribution in [0.1, 0.15) is 25.3 Å². The van der Waals surface area contributed by atoms with Crippen LogP contribution in [0.5, 0.6) is 0 Å². The van der Waals surface area contributed by atoms with E-state index in [0.717, 1.165) is 5.69 Å². The number of benzene rings is 1. The molecule has 3 N–H and O–H groups in total. The lowest BCUT2D eigenvalue weighted by atomic mass is 10.0. The molecular weight excluding hydrogens is 294 g/mol. The minimum absolute atomic E-state index is 0.0709. The maximum absolute atomic E-state index is 12.2. The predicted molar refractivity (Wildman–Crippen MR) is 88.6 cm³/mol. The van der Waals surface area contributed by atoms with Crippen molar-refractivity contribution < 1.29 is 15.0 Å². The molecule has 0 unspecified atom stereocenters. The normalized spacial score (nSPS) is 11.2. The molecule has 1 rings (SSSR count). The minimum atomic E-state index is -0.526. The number of nitrogens with zero attached hydrogens (tertiary/aromatic N) is 2. The van der Waals surface area contributed by atoms with Gasteiger partial charge in [0.25, 0.3) is 5.91 Å². The Morgan fingerprint density at radius 3 is 2.26 bits per heavy atom. The van der Waals surface area contributed by atoms with Crippen molar-refractivity contribution in [1.29, 1.82) is 5.26 Å². The Hall–Kier alpha value is -2.36. The second kappa shape index (κ2) is 9.62. The van der Waals surface area contributed by atoms with Crippen molar-refractivity contribution in [3.8, 4) is 6.07 Å². The number of hydrogen-bond acceptors (Lipinski definition) is 5. The second-order valence-electron chi connectivity index (χ2n) is 5.33. The van der Waals surface area contributed by atoms with Crippen LogP contribution < -0.4 is 5.32 Å². The number of amides is 1. The summed E-state index contributed by atoms with van der Waals surface area (Å²) in [5, 5.41) is 30.0. The van der Waals surface area contributed by atoms with Gasteiger partial charge in [-0.1, -0.05) is 26.0 Å². The van der Waals surface area contributed by atoms with Gasteiger partial charge in [0.1, 0.15) is 11.6 Å². The van der Waals surface area contributed by atoms with E-state index in [1.54, 1.807) is 0 Å². The molecule has 0 heterocycles. The highest BCUT2D eigenvalue weighted by molar-refractivity contribution is 5.97. The molecule has 0 atom stereocenters. The van der Waals surface area contributed by atoms with Crippen molar-refractivity contribution >= 4 is 11.6 Å². The van der Waals surface area contributed by atoms with Crippen LogP contribution >= 0.6 is 0 Å². The van der Waals surface area contributed by atoms with E-state index in [4.69, 9.17) is 15.5 Å². The highest BCUT2D eigenvalue weighted by atomic mass is 16.3. The topological polar surface area (TPSA) is 96.6 Å². The average Bonchev–Trinajstić information content (AvgIpc) is 2.55. The van der Waals surface area contributed by atoms with E-state index >= 15 is 0 Å². The second-order valence-corrected chi connectivity index (χ2v) is 5.33. The standard InChI is InChI=1S/C17H23N3O3/c1-13(2)14-3-5-16(6-4-14)19-12-15(11-18)17(23)20(7-9-21)8-10-22/h3-6,12-13,19,21-22H,7-10H2,1-2H3/b15-12-. The lowest BCUT2D eigenvalue weighted by molar-refractivity contribution is -0.127. The highest BCUT2D eigenvalue weighted by Gasteiger charge is 2.17. The lowest BCUT2D eigenvalue weighted by Gasteiger charge is -2.20. The Bertz CT molecular complexity index is 568. The summed E-state index contributed by atoms with van der Waals surface area (Å²) in [6.45, 7) is 3.89. The number of anilines is 1. The average molecular weight is 317 g/mol. The van der Waals surface area contributed by atoms with E-state index in [0.29, 0.717) is 5.92 Å². The van der Waals surface area contributed by atoms with E-state index in [2.05, 4.69) is 19.2 Å². The maximum Gasteiger partial charge on any atom is 0.266 e. The Morgan fingerprint density at radius 2 is 1.83 bits per heavy atom. The highest BCUT2D eigenvalue weighted by Crippen LogP contribution is 2.17. The van der Waals surface area contributed by atoms with Gasteiger partial charge in [-0.3, -0.25) is 4.79 Å². The van der Waals surface area contributed by atoms with E-state index in [1.807, 2.05) is 30.3 Å². The smallest absolute Gasteiger partial charge is 0.266 e. The largest absolute Gasteiger partial charge is 0.395 e. The summed E-state index contributed by atoms with van der Waals surface area (Å²) in [6.07, 6.45) is 1.34. The molecule has 1 amide bonds. The summed E-state index contributed by atoms with van der Waals surface area (Å²) in [5.41, 5.74) is 1.89. The molecule has 0 saturated heterocycles. The van der Waals surface area contributed by atoms with Crippen LogP contribution in [0, 0.1) is 11.3 Å². The van der Waals surface area contributed by atoms with Crippen molar-refractivity contribution in [1.82, 2.24) is 4.90 Å². The van der Waals surface area contributed by atoms with Gasteiger partial charge in [-0.05, 0) is 23.6 Å². The summed E-state index contributed by atoms with van der Waals surface area (Å²) < 4.78 is 0. The SMILES string of the molecule is CC(C)c1ccc(N/C=C(/C#N)C(=O)N(CCO)CCO)cc1. The Morgan fingerprint density at radius 1 is 1.26 bits per heavy atom. The summed E-state index contributed by atoms with van der Waals surface area (Å²) in [4.78, 5) is 13.4. The number of hydrogen-bond donors (Lipinski definition) is 3. The van der Waals surface area contributed by atoms with Crippen molar-refractivity contribution in [3.63, 3.8) is 0 Å². The van der Waals surface area contributed by atoms with Gasteiger partial charge in [0.15, 0.2) is 0 Å².